The van der Waals surface area contributed by atoms with Crippen molar-refractivity contribution in [3.63, 3.8) is 0 Å². The molecule has 121 heavy (non-hydrogen) atoms. The third-order valence-corrected chi connectivity index (χ3v) is 21.3. The average Bonchev–Trinajstić information content (AvgIpc) is 1.72. The first kappa shape index (κ1) is 105. The number of aromatic hydroxyl groups is 1. The van der Waals surface area contributed by atoms with Gasteiger partial charge in [0.1, 0.15) is 90.3 Å². The number of guanidine groups is 2. The Hall–Kier alpha value is -10.6. The van der Waals surface area contributed by atoms with Crippen LogP contribution in [0.15, 0.2) is 54.6 Å². The monoisotopic (exact) mass is 1740 g/mol. The highest BCUT2D eigenvalue weighted by Gasteiger charge is 2.43. The van der Waals surface area contributed by atoms with Crippen LogP contribution >= 0.6 is 24.4 Å². The van der Waals surface area contributed by atoms with Crippen molar-refractivity contribution in [1.29, 1.82) is 10.8 Å². The van der Waals surface area contributed by atoms with Gasteiger partial charge in [0, 0.05) is 38.2 Å². The third-order valence-electron chi connectivity index (χ3n) is 20.3. The number of carbonyl (C=O) groups is 15. The predicted molar refractivity (Wildman–Crippen MR) is 456 cm³/mol. The molecule has 1 aliphatic rings. The van der Waals surface area contributed by atoms with Gasteiger partial charge in [-0.1, -0.05) is 111 Å². The lowest BCUT2D eigenvalue weighted by molar-refractivity contribution is -0.143. The van der Waals surface area contributed by atoms with E-state index in [2.05, 4.69) is 92.4 Å². The Morgan fingerprint density at radius 2 is 0.942 bits per heavy atom. The van der Waals surface area contributed by atoms with Crippen LogP contribution in [0.25, 0.3) is 0 Å². The number of hydrogen-bond donors (Lipinski definition) is 25. The van der Waals surface area contributed by atoms with E-state index in [4.69, 9.17) is 28.0 Å². The summed E-state index contributed by atoms with van der Waals surface area (Å²) in [6.07, 6.45) is 1.18. The molecule has 0 aromatic heterocycles. The van der Waals surface area contributed by atoms with Gasteiger partial charge in [-0.05, 0) is 131 Å². The molecule has 0 saturated carbocycles. The van der Waals surface area contributed by atoms with Gasteiger partial charge in [-0.2, -0.15) is 24.4 Å². The summed E-state index contributed by atoms with van der Waals surface area (Å²) in [5.41, 5.74) is 18.1. The molecular weight excluding hydrogens is 1610 g/mol. The smallest absolute Gasteiger partial charge is 0.326 e. The van der Waals surface area contributed by atoms with Gasteiger partial charge < -0.3 is 122 Å². The maximum Gasteiger partial charge on any atom is 0.326 e. The van der Waals surface area contributed by atoms with E-state index in [0.29, 0.717) is 36.1 Å². The fourth-order valence-electron chi connectivity index (χ4n) is 12.7. The number of likely N-dealkylation sites (tertiary alicyclic amines) is 1. The highest BCUT2D eigenvalue weighted by Crippen LogP contribution is 2.22. The third kappa shape index (κ3) is 35.9. The highest BCUT2D eigenvalue weighted by molar-refractivity contribution is 7.98. The number of aliphatic hydroxyl groups excluding tert-OH is 2. The molecule has 0 unspecified atom stereocenters. The number of thiol groups is 1. The van der Waals surface area contributed by atoms with Gasteiger partial charge in [0.2, 0.25) is 82.7 Å². The van der Waals surface area contributed by atoms with Crippen LogP contribution in [0.5, 0.6) is 5.75 Å². The second-order valence-electron chi connectivity index (χ2n) is 31.0. The summed E-state index contributed by atoms with van der Waals surface area (Å²) in [7, 11) is 0. The second kappa shape index (κ2) is 53.2. The van der Waals surface area contributed by atoms with Crippen LogP contribution in [-0.2, 0) is 84.8 Å². The Labute approximate surface area is 715 Å². The van der Waals surface area contributed by atoms with E-state index in [0.717, 1.165) is 11.8 Å². The van der Waals surface area contributed by atoms with Gasteiger partial charge >= 0.3 is 5.97 Å². The number of nitrogens with zero attached hydrogens (tertiary/aromatic N) is 1. The number of carboxylic acid groups (broad SMARTS) is 1. The molecule has 0 spiro atoms. The molecule has 40 nitrogen and oxygen atoms in total. The van der Waals surface area contributed by atoms with E-state index in [1.54, 1.807) is 92.0 Å². The van der Waals surface area contributed by atoms with E-state index in [1.165, 1.54) is 49.9 Å². The summed E-state index contributed by atoms with van der Waals surface area (Å²) in [5, 5.41) is 95.4. The molecule has 1 heterocycles. The number of carbonyl (C=O) groups excluding carboxylic acids is 14. The molecule has 2 aromatic rings. The van der Waals surface area contributed by atoms with Gasteiger partial charge in [0.15, 0.2) is 11.9 Å². The van der Waals surface area contributed by atoms with E-state index < -0.39 is 216 Å². The molecule has 2 aromatic carbocycles. The van der Waals surface area contributed by atoms with Crippen molar-refractivity contribution in [2.75, 3.05) is 44.0 Å². The number of thioether (sulfide) groups is 1. The number of aliphatic hydroxyl groups is 2. The lowest BCUT2D eigenvalue weighted by atomic mass is 9.97. The zero-order chi connectivity index (χ0) is 91.1. The summed E-state index contributed by atoms with van der Waals surface area (Å²) in [5.74, 6) is -16.5. The first-order valence-corrected chi connectivity index (χ1v) is 42.7. The molecule has 1 fully saturated rings. The van der Waals surface area contributed by atoms with Crippen molar-refractivity contribution in [3.8, 4) is 5.75 Å². The summed E-state index contributed by atoms with van der Waals surface area (Å²) in [4.78, 5) is 211. The van der Waals surface area contributed by atoms with Gasteiger partial charge in [-0.25, -0.2) is 4.79 Å². The highest BCUT2D eigenvalue weighted by atomic mass is 32.2. The maximum atomic E-state index is 14.8. The first-order chi connectivity index (χ1) is 57.0. The van der Waals surface area contributed by atoms with Crippen molar-refractivity contribution in [3.05, 3.63) is 65.7 Å². The Morgan fingerprint density at radius 1 is 0.512 bits per heavy atom. The summed E-state index contributed by atoms with van der Waals surface area (Å²) in [6, 6.07) is -6.83. The number of phenols is 1. The van der Waals surface area contributed by atoms with Crippen LogP contribution in [0.2, 0.25) is 0 Å². The molecular formula is C79H129N21O19S2. The normalized spacial score (nSPS) is 16.7. The van der Waals surface area contributed by atoms with E-state index >= 15 is 0 Å². The number of aliphatic carboxylic acids is 1. The van der Waals surface area contributed by atoms with Crippen molar-refractivity contribution in [2.24, 2.45) is 40.9 Å². The number of amides is 14. The molecule has 1 aliphatic heterocycles. The Balaban J connectivity index is 1.83. The Bertz CT molecular complexity index is 3810. The van der Waals surface area contributed by atoms with E-state index in [1.807, 2.05) is 0 Å². The molecule has 14 amide bonds. The first-order valence-electron chi connectivity index (χ1n) is 40.6. The molecule has 27 N–H and O–H groups in total. The minimum atomic E-state index is -1.82. The van der Waals surface area contributed by atoms with Crippen LogP contribution in [0.1, 0.15) is 151 Å². The minimum absolute atomic E-state index is 0.00170. The van der Waals surface area contributed by atoms with Crippen molar-refractivity contribution in [1.82, 2.24) is 84.7 Å². The van der Waals surface area contributed by atoms with Gasteiger partial charge in [-0.3, -0.25) is 77.9 Å². The summed E-state index contributed by atoms with van der Waals surface area (Å²) >= 11 is 5.67. The van der Waals surface area contributed by atoms with Crippen molar-refractivity contribution >= 4 is 125 Å². The quantitative estimate of drug-likeness (QED) is 0.0131. The molecule has 3 rings (SSSR count). The van der Waals surface area contributed by atoms with E-state index in [-0.39, 0.29) is 101 Å². The zero-order valence-electron chi connectivity index (χ0n) is 70.9. The number of carboxylic acids is 1. The summed E-state index contributed by atoms with van der Waals surface area (Å²) in [6.45, 7) is 16.5. The standard InChI is InChI=1S/C79H129N21O19S2/c1-13-42(7)60(73(114)90-52(77(118)119)30-34-121-12)97-64(105)45(10)88-75(116)62(46(11)102)99-69(110)55(37-48-26-28-49(103)29-27-48)92-66(107)51(24-19-32-86-79(83)84)89-67(108)53(35-40(3)4)93-71(112)58-25-20-33-100(58)76(117)56(38-101)94-70(111)57(39-120)95-74(115)61(43(8)14-2)98-63(104)44(9)87-72(113)59(41(5)6)96-68(109)54(36-47-21-16-15-17-22-47)91-65(106)50(80)23-18-31-85-78(81)82/h15-17,21-22,26-29,40-46,50-62,101-103,120H,13-14,18-20,23-25,30-39,80H2,1-12H3,(H,87,113)(H,88,116)(H,89,108)(H,90,114)(H,91,106)(H,92,107)(H,93,112)(H,94,111)(H,95,115)(H,96,109)(H,97,105)(H,98,104)(H,99,110)(H,118,119)(H4,81,82,85)(H4,83,84,86)/t42-,43-,44-,45-,46+,50-,51-,52-,53-,54-,55-,56-,57-,58-,59-,60-,61-,62-/m0/s1. The predicted octanol–water partition coefficient (Wildman–Crippen LogP) is -3.70. The van der Waals surface area contributed by atoms with Crippen LogP contribution in [0.3, 0.4) is 0 Å². The average molecular weight is 1740 g/mol. The molecule has 1 saturated heterocycles. The van der Waals surface area contributed by atoms with Crippen LogP contribution in [0, 0.1) is 34.5 Å². The second-order valence-corrected chi connectivity index (χ2v) is 32.4. The zero-order valence-corrected chi connectivity index (χ0v) is 72.6. The number of nitrogens with two attached hydrogens (primary N) is 3. The lowest BCUT2D eigenvalue weighted by Crippen LogP contribution is -2.62. The van der Waals surface area contributed by atoms with Gasteiger partial charge in [0.05, 0.1) is 18.8 Å². The van der Waals surface area contributed by atoms with Crippen LogP contribution in [-0.4, -0.2) is 267 Å². The van der Waals surface area contributed by atoms with Crippen molar-refractivity contribution < 1.29 is 92.3 Å². The minimum Gasteiger partial charge on any atom is -0.508 e. The number of rotatable bonds is 53. The van der Waals surface area contributed by atoms with Crippen molar-refractivity contribution in [2.45, 2.75) is 250 Å². The molecule has 0 radical (unpaired) electrons. The molecule has 18 atom stereocenters. The topological polar surface area (TPSA) is 646 Å². The molecule has 42 heteroatoms. The van der Waals surface area contributed by atoms with E-state index in [9.17, 15) is 92.3 Å². The SMILES string of the molecule is CC[C@H](C)[C@H](NC(=O)[C@H](C)NC(=O)[C@@H](NC(=O)[C@H](Cc1ccc(O)cc1)NC(=O)[C@H](CCCNC(=N)N)NC(=O)[C@H](CC(C)C)NC(=O)[C@@H]1CCCN1C(=O)[C@H](CO)NC(=O)[C@H](CS)NC(=O)[C@@H](NC(=O)[C@H](C)NC(=O)[C@@H](NC(=O)[C@H](Cc1ccccc1)NC(=O)[C@@H](N)CCCNC(=N)N)C(C)C)[C@@H](C)CC)[C@@H](C)O)C(=O)N[C@@H](CCSC)C(=O)O. The largest absolute Gasteiger partial charge is 0.508 e. The molecule has 0 aliphatic carbocycles. The fraction of sp³-hybridized carbons (Fsp3) is 0.633. The van der Waals surface area contributed by atoms with Crippen LogP contribution in [0.4, 0.5) is 0 Å². The Kier molecular flexibility index (Phi) is 46.0. The molecule has 0 bridgehead atoms. The summed E-state index contributed by atoms with van der Waals surface area (Å²) < 4.78 is 0. The number of nitrogens with one attached hydrogen (secondary N) is 17. The number of hydrogen-bond acceptors (Lipinski definition) is 23. The maximum absolute atomic E-state index is 14.8. The Morgan fingerprint density at radius 3 is 1.41 bits per heavy atom. The fourth-order valence-corrected chi connectivity index (χ4v) is 13.4. The number of phenolic OH excluding ortho intramolecular Hbond substituents is 1. The number of benzene rings is 2. The van der Waals surface area contributed by atoms with Gasteiger partial charge in [0.25, 0.3) is 0 Å². The van der Waals surface area contributed by atoms with Gasteiger partial charge in [-0.15, -0.1) is 0 Å². The lowest BCUT2D eigenvalue weighted by Gasteiger charge is -2.31. The van der Waals surface area contributed by atoms with Crippen LogP contribution < -0.4 is 97.0 Å². The molecule has 676 valence electrons.